The van der Waals surface area contributed by atoms with Gasteiger partial charge in [0.2, 0.25) is 17.5 Å². The summed E-state index contributed by atoms with van der Waals surface area (Å²) in [5, 5.41) is 0. The van der Waals surface area contributed by atoms with Crippen LogP contribution in [-0.2, 0) is 0 Å². The van der Waals surface area contributed by atoms with Crippen LogP contribution in [0.25, 0.3) is 100 Å². The second-order valence-electron chi connectivity index (χ2n) is 20.6. The summed E-state index contributed by atoms with van der Waals surface area (Å²) >= 11 is 0. The lowest BCUT2D eigenvalue weighted by Crippen LogP contribution is -2.15. The van der Waals surface area contributed by atoms with Gasteiger partial charge in [0.15, 0.2) is 175 Å². The van der Waals surface area contributed by atoms with Crippen molar-refractivity contribution in [1.82, 2.24) is 0 Å². The van der Waals surface area contributed by atoms with Gasteiger partial charge in [-0.15, -0.1) is 0 Å². The Labute approximate surface area is 532 Å². The predicted molar refractivity (Wildman–Crippen MR) is 263 cm³/mol. The molecule has 0 aliphatic heterocycles. The Morgan fingerprint density at radius 2 is 0.167 bits per heavy atom. The van der Waals surface area contributed by atoms with Crippen molar-refractivity contribution in [2.45, 2.75) is 13.8 Å². The van der Waals surface area contributed by atoms with Gasteiger partial charge in [-0.05, 0) is 19.4 Å². The fourth-order valence-corrected chi connectivity index (χ4v) is 10.6. The second-order valence-corrected chi connectivity index (χ2v) is 20.6. The van der Waals surface area contributed by atoms with Crippen molar-refractivity contribution in [3.63, 3.8) is 0 Å². The van der Waals surface area contributed by atoms with Crippen LogP contribution in [0.3, 0.4) is 0 Å². The molecule has 0 aliphatic rings. The van der Waals surface area contributed by atoms with Gasteiger partial charge in [0, 0.05) is 11.1 Å². The summed E-state index contributed by atoms with van der Waals surface area (Å²) in [5.41, 5.74) is -66.4. The van der Waals surface area contributed by atoms with Crippen molar-refractivity contribution in [2.75, 3.05) is 0 Å². The molecule has 0 bridgehead atoms. The van der Waals surface area contributed by atoms with Gasteiger partial charge in [0.05, 0.1) is 94.6 Å². The molecule has 0 aliphatic carbocycles. The Balaban J connectivity index is 1.47. The van der Waals surface area contributed by atoms with Crippen molar-refractivity contribution in [1.29, 1.82) is 0 Å². The van der Waals surface area contributed by atoms with Crippen LogP contribution in [0.2, 0.25) is 0 Å². The predicted octanol–water partition coefficient (Wildman–Crippen LogP) is 22.9. The fourth-order valence-electron chi connectivity index (χ4n) is 10.6. The van der Waals surface area contributed by atoms with E-state index in [0.717, 1.165) is 0 Å². The first-order chi connectivity index (χ1) is 47.2. The third-order valence-corrected chi connectivity index (χ3v) is 15.3. The van der Waals surface area contributed by atoms with Crippen LogP contribution in [0.4, 0.5) is 176 Å². The Morgan fingerprint density at radius 3 is 0.324 bits per heavy atom. The number of halogens is 40. The summed E-state index contributed by atoms with van der Waals surface area (Å²) in [4.78, 5) is 0. The Morgan fingerprint density at radius 1 is 0.0784 bits per heavy atom. The van der Waals surface area contributed by atoms with Crippen molar-refractivity contribution in [3.05, 3.63) is 244 Å². The number of hydrogen-bond donors (Lipinski definition) is 0. The highest BCUT2D eigenvalue weighted by Gasteiger charge is 2.46. The standard InChI is InChI=1S/C62H6F40/c1-3-5(6-48(88)54(94)60(100)55(95)49(6)89)32(72)35(75)7(23(3)63)8-26(66)9(28(68)11(27(8)67)14-36(76)42(82)18(43(83)37(14)77)17-33(73)24(64)4(2)25(65)34(17)74)10-29(69)12(15-38(78)44(84)19(45(85)39(15)79)21-50(90)56(96)61(101)57(97)51(21)91)31(71)13(30(10)70)16-40(80)46(86)20(47(87)41(16)81)22-52(92)58(98)62(102)59(99)53(22)93/h1-2H3. The minimum Gasteiger partial charge on any atom is -0.206 e. The monoisotopic (exact) mass is 1510 g/mol. The highest BCUT2D eigenvalue weighted by molar-refractivity contribution is 5.92. The smallest absolute Gasteiger partial charge is 0.200 e. The van der Waals surface area contributed by atoms with Gasteiger partial charge in [-0.2, -0.15) is 0 Å². The Hall–Kier alpha value is -10.6. The van der Waals surface area contributed by atoms with Crippen LogP contribution < -0.4 is 0 Å². The summed E-state index contributed by atoms with van der Waals surface area (Å²) in [6.07, 6.45) is 0. The topological polar surface area (TPSA) is 0 Å². The Kier molecular flexibility index (Phi) is 18.3. The molecule has 0 nitrogen and oxygen atoms in total. The first-order valence-electron chi connectivity index (χ1n) is 25.8. The maximum absolute atomic E-state index is 18.0. The van der Waals surface area contributed by atoms with E-state index in [1.807, 2.05) is 0 Å². The van der Waals surface area contributed by atoms with Crippen LogP contribution in [0.5, 0.6) is 0 Å². The summed E-state index contributed by atoms with van der Waals surface area (Å²) in [6, 6.07) is 0. The van der Waals surface area contributed by atoms with Crippen molar-refractivity contribution in [2.24, 2.45) is 0 Å². The van der Waals surface area contributed by atoms with Crippen LogP contribution in [0.1, 0.15) is 11.1 Å². The molecule has 102 heavy (non-hydrogen) atoms. The molecule has 40 heteroatoms. The normalized spacial score (nSPS) is 11.8. The molecule has 0 atom stereocenters. The van der Waals surface area contributed by atoms with E-state index in [1.165, 1.54) is 0 Å². The lowest BCUT2D eigenvalue weighted by Gasteiger charge is -2.23. The molecule has 0 saturated carbocycles. The van der Waals surface area contributed by atoms with E-state index in [2.05, 4.69) is 0 Å². The minimum atomic E-state index is -4.22. The summed E-state index contributed by atoms with van der Waals surface area (Å²) in [7, 11) is 0. The van der Waals surface area contributed by atoms with Gasteiger partial charge in [0.1, 0.15) is 40.7 Å². The second kappa shape index (κ2) is 25.2. The third-order valence-electron chi connectivity index (χ3n) is 15.3. The largest absolute Gasteiger partial charge is 0.206 e. The van der Waals surface area contributed by atoms with Crippen molar-refractivity contribution in [3.8, 4) is 100 Å². The molecule has 0 unspecified atom stereocenters. The maximum atomic E-state index is 18.0. The average Bonchev–Trinajstić information content (AvgIpc) is 0.707. The zero-order valence-corrected chi connectivity index (χ0v) is 47.1. The first-order valence-corrected chi connectivity index (χ1v) is 25.8. The molecule has 0 heterocycles. The molecule has 0 spiro atoms. The molecule has 0 aromatic heterocycles. The van der Waals surface area contributed by atoms with E-state index < -0.39 is 344 Å². The van der Waals surface area contributed by atoms with E-state index in [-0.39, 0.29) is 13.8 Å². The molecule has 10 rings (SSSR count). The molecular weight excluding hydrogens is 1500 g/mol. The highest BCUT2D eigenvalue weighted by atomic mass is 19.2. The lowest BCUT2D eigenvalue weighted by atomic mass is 9.84. The van der Waals surface area contributed by atoms with Crippen molar-refractivity contribution >= 4 is 0 Å². The van der Waals surface area contributed by atoms with Crippen LogP contribution in [0, 0.1) is 247 Å². The van der Waals surface area contributed by atoms with E-state index in [4.69, 9.17) is 0 Å². The van der Waals surface area contributed by atoms with Crippen LogP contribution >= 0.6 is 0 Å². The number of benzene rings is 10. The van der Waals surface area contributed by atoms with Gasteiger partial charge in [-0.3, -0.25) is 0 Å². The quantitative estimate of drug-likeness (QED) is 0.0768. The van der Waals surface area contributed by atoms with Crippen LogP contribution in [0.15, 0.2) is 0 Å². The highest BCUT2D eigenvalue weighted by Crippen LogP contribution is 2.55. The summed E-state index contributed by atoms with van der Waals surface area (Å²) in [6.45, 7) is -0.141. The van der Waals surface area contributed by atoms with Gasteiger partial charge in [-0.1, -0.05) is 0 Å². The number of rotatable bonds is 9. The van der Waals surface area contributed by atoms with Crippen LogP contribution in [-0.4, -0.2) is 0 Å². The molecule has 534 valence electrons. The van der Waals surface area contributed by atoms with E-state index >= 15 is 127 Å². The summed E-state index contributed by atoms with van der Waals surface area (Å²) < 4.78 is 635. The summed E-state index contributed by atoms with van der Waals surface area (Å²) in [5.74, 6) is -144. The molecule has 0 fully saturated rings. The number of hydrogen-bond acceptors (Lipinski definition) is 0. The Bertz CT molecular complexity index is 4640. The molecular formula is C62H6F40. The maximum Gasteiger partial charge on any atom is 0.200 e. The molecule has 10 aromatic rings. The van der Waals surface area contributed by atoms with Gasteiger partial charge < -0.3 is 0 Å². The molecule has 0 saturated heterocycles. The molecule has 0 radical (unpaired) electrons. The van der Waals surface area contributed by atoms with Gasteiger partial charge >= 0.3 is 0 Å². The molecule has 0 N–H and O–H groups in total. The third kappa shape index (κ3) is 9.92. The fraction of sp³-hybridized carbons (Fsp3) is 0.0323. The molecule has 10 aromatic carbocycles. The average molecular weight is 1510 g/mol. The van der Waals surface area contributed by atoms with E-state index in [1.54, 1.807) is 0 Å². The zero-order chi connectivity index (χ0) is 76.6. The zero-order valence-electron chi connectivity index (χ0n) is 47.1. The lowest BCUT2D eigenvalue weighted by molar-refractivity contribution is 0.379. The van der Waals surface area contributed by atoms with Gasteiger partial charge in [-0.25, -0.2) is 176 Å². The minimum absolute atomic E-state index is 0.149. The SMILES string of the molecule is Cc1c(F)c(F)c(-c2c(F)c(F)c(-c3c(F)c(-c4c(F)c(C)c(-c5c(F)c(F)c(F)c(F)c5F)c(F)c4F)c(F)c(-c4c(F)c(-c5c(F)c(F)c(-c6c(F)c(F)c(F)c(F)c6F)c(F)c5F)c(F)c(-c5c(F)c(F)c(-c6c(F)c(F)c(F)c(F)c6F)c(F)c5F)c4F)c3F)c(F)c2F)c(F)c1F. The van der Waals surface area contributed by atoms with E-state index in [0.29, 0.717) is 0 Å². The van der Waals surface area contributed by atoms with Crippen molar-refractivity contribution < 1.29 is 176 Å². The van der Waals surface area contributed by atoms with E-state index in [9.17, 15) is 48.3 Å². The molecule has 0 amide bonds. The van der Waals surface area contributed by atoms with Gasteiger partial charge in [0.25, 0.3) is 0 Å². The first kappa shape index (κ1) is 74.1.